The number of thioether (sulfide) groups is 1. The van der Waals surface area contributed by atoms with Gasteiger partial charge in [0.05, 0.1) is 5.69 Å². The molecule has 0 saturated carbocycles. The number of benzene rings is 1. The molecule has 0 unspecified atom stereocenters. The van der Waals surface area contributed by atoms with Crippen LogP contribution in [0.3, 0.4) is 0 Å². The quantitative estimate of drug-likeness (QED) is 0.706. The largest absolute Gasteiger partial charge is 0.356 e. The molecule has 1 aromatic rings. The smallest absolute Gasteiger partial charge is 0.227 e. The molecule has 2 atom stereocenters. The maximum atomic E-state index is 12.6. The first kappa shape index (κ1) is 21.2. The third kappa shape index (κ3) is 5.51. The van der Waals surface area contributed by atoms with E-state index < -0.39 is 0 Å². The van der Waals surface area contributed by atoms with Crippen molar-refractivity contribution in [2.75, 3.05) is 30.3 Å². The lowest BCUT2D eigenvalue weighted by molar-refractivity contribution is -0.125. The lowest BCUT2D eigenvalue weighted by atomic mass is 9.97. The molecular weight excluding hydrogens is 370 g/mol. The van der Waals surface area contributed by atoms with Crippen LogP contribution in [0.5, 0.6) is 0 Å². The van der Waals surface area contributed by atoms with E-state index in [2.05, 4.69) is 30.1 Å². The van der Waals surface area contributed by atoms with E-state index in [9.17, 15) is 9.59 Å². The van der Waals surface area contributed by atoms with Crippen molar-refractivity contribution in [2.24, 2.45) is 0 Å². The van der Waals surface area contributed by atoms with Crippen molar-refractivity contribution >= 4 is 29.3 Å². The van der Waals surface area contributed by atoms with Gasteiger partial charge >= 0.3 is 0 Å². The van der Waals surface area contributed by atoms with Gasteiger partial charge in [-0.3, -0.25) is 14.5 Å². The molecule has 2 heterocycles. The first-order chi connectivity index (χ1) is 13.6. The Hall–Kier alpha value is -1.53. The summed E-state index contributed by atoms with van der Waals surface area (Å²) in [5, 5.41) is 2.99. The molecule has 5 nitrogen and oxygen atoms in total. The van der Waals surface area contributed by atoms with Gasteiger partial charge in [0.25, 0.3) is 0 Å². The van der Waals surface area contributed by atoms with Gasteiger partial charge in [0.1, 0.15) is 0 Å². The van der Waals surface area contributed by atoms with Crippen LogP contribution in [0.4, 0.5) is 5.69 Å². The van der Waals surface area contributed by atoms with Crippen LogP contribution in [0.15, 0.2) is 29.2 Å². The molecular formula is C22H33N3O2S. The molecule has 3 rings (SSSR count). The Bertz CT molecular complexity index is 672. The molecule has 0 aliphatic carbocycles. The summed E-state index contributed by atoms with van der Waals surface area (Å²) in [5.41, 5.74) is 0.980. The number of rotatable bonds is 7. The summed E-state index contributed by atoms with van der Waals surface area (Å²) >= 11 is 1.78. The summed E-state index contributed by atoms with van der Waals surface area (Å²) in [4.78, 5) is 30.3. The van der Waals surface area contributed by atoms with Gasteiger partial charge in [-0.05, 0) is 45.2 Å². The molecule has 28 heavy (non-hydrogen) atoms. The summed E-state index contributed by atoms with van der Waals surface area (Å²) in [6, 6.07) is 9.28. The van der Waals surface area contributed by atoms with Crippen molar-refractivity contribution < 1.29 is 9.59 Å². The number of hydrogen-bond acceptors (Lipinski definition) is 4. The molecule has 0 bridgehead atoms. The zero-order valence-electron chi connectivity index (χ0n) is 17.2. The van der Waals surface area contributed by atoms with E-state index in [0.717, 1.165) is 29.3 Å². The van der Waals surface area contributed by atoms with E-state index in [1.807, 2.05) is 23.1 Å². The van der Waals surface area contributed by atoms with Crippen LogP contribution < -0.4 is 10.2 Å². The Morgan fingerprint density at radius 2 is 1.89 bits per heavy atom. The second-order valence-electron chi connectivity index (χ2n) is 7.93. The summed E-state index contributed by atoms with van der Waals surface area (Å²) in [5.74, 6) is 0.925. The zero-order valence-corrected chi connectivity index (χ0v) is 18.0. The molecule has 0 aromatic heterocycles. The van der Waals surface area contributed by atoms with E-state index in [4.69, 9.17) is 0 Å². The Balaban J connectivity index is 1.36. The highest BCUT2D eigenvalue weighted by Gasteiger charge is 2.24. The van der Waals surface area contributed by atoms with Crippen LogP contribution >= 0.6 is 11.8 Å². The average molecular weight is 404 g/mol. The molecule has 0 spiro atoms. The van der Waals surface area contributed by atoms with Crippen molar-refractivity contribution in [3.8, 4) is 0 Å². The Morgan fingerprint density at radius 1 is 1.14 bits per heavy atom. The molecule has 2 aliphatic heterocycles. The number of likely N-dealkylation sites (tertiary alicyclic amines) is 1. The first-order valence-electron chi connectivity index (χ1n) is 10.6. The number of piperidine rings is 1. The van der Waals surface area contributed by atoms with Crippen molar-refractivity contribution in [3.05, 3.63) is 24.3 Å². The van der Waals surface area contributed by atoms with Crippen LogP contribution in [0, 0.1) is 0 Å². The third-order valence-electron chi connectivity index (χ3n) is 5.89. The summed E-state index contributed by atoms with van der Waals surface area (Å²) in [7, 11) is 0. The summed E-state index contributed by atoms with van der Waals surface area (Å²) < 4.78 is 0. The van der Waals surface area contributed by atoms with E-state index in [1.165, 1.54) is 19.3 Å². The maximum absolute atomic E-state index is 12.6. The number of carbonyl (C=O) groups excluding carboxylic acids is 2. The molecule has 1 N–H and O–H groups in total. The molecule has 1 saturated heterocycles. The van der Waals surface area contributed by atoms with Crippen LogP contribution in [0.2, 0.25) is 0 Å². The number of fused-ring (bicyclic) bond motifs is 1. The van der Waals surface area contributed by atoms with Crippen LogP contribution in [0.1, 0.15) is 52.4 Å². The van der Waals surface area contributed by atoms with Crippen molar-refractivity contribution in [1.82, 2.24) is 10.2 Å². The fourth-order valence-electron chi connectivity index (χ4n) is 4.28. The number of nitrogens with one attached hydrogen (secondary N) is 1. The number of para-hydroxylation sites is 1. The summed E-state index contributed by atoms with van der Waals surface area (Å²) in [6.07, 6.45) is 5.37. The molecule has 6 heteroatoms. The van der Waals surface area contributed by atoms with Gasteiger partial charge in [-0.15, -0.1) is 11.8 Å². The molecule has 1 aromatic carbocycles. The molecule has 2 amide bonds. The lowest BCUT2D eigenvalue weighted by Gasteiger charge is -2.39. The number of nitrogens with zero attached hydrogens (tertiary/aromatic N) is 2. The number of amides is 2. The predicted molar refractivity (Wildman–Crippen MR) is 116 cm³/mol. The Kier molecular flexibility index (Phi) is 7.80. The third-order valence-corrected chi connectivity index (χ3v) is 6.93. The van der Waals surface area contributed by atoms with Gasteiger partial charge in [0, 0.05) is 55.2 Å². The van der Waals surface area contributed by atoms with Crippen molar-refractivity contribution in [3.63, 3.8) is 0 Å². The molecule has 1 fully saturated rings. The highest BCUT2D eigenvalue weighted by molar-refractivity contribution is 7.99. The van der Waals surface area contributed by atoms with E-state index in [0.29, 0.717) is 25.2 Å². The fourth-order valence-corrected chi connectivity index (χ4v) is 5.27. The van der Waals surface area contributed by atoms with E-state index >= 15 is 0 Å². The highest BCUT2D eigenvalue weighted by atomic mass is 32.2. The topological polar surface area (TPSA) is 52.7 Å². The van der Waals surface area contributed by atoms with Crippen LogP contribution in [0.25, 0.3) is 0 Å². The minimum Gasteiger partial charge on any atom is -0.356 e. The van der Waals surface area contributed by atoms with Gasteiger partial charge < -0.3 is 10.2 Å². The standard InChI is InChI=1S/C22H33N3O2S/c1-17-7-5-8-18(2)24(17)14-6-13-23-21(26)11-12-22(27)25-15-16-28-20-10-4-3-9-19(20)25/h3-4,9-10,17-18H,5-8,11-16H2,1-2H3,(H,23,26)/t17-,18-/m0/s1. The van der Waals surface area contributed by atoms with Gasteiger partial charge in [-0.25, -0.2) is 0 Å². The maximum Gasteiger partial charge on any atom is 0.227 e. The zero-order chi connectivity index (χ0) is 19.9. The monoisotopic (exact) mass is 403 g/mol. The molecule has 2 aliphatic rings. The van der Waals surface area contributed by atoms with E-state index in [1.54, 1.807) is 11.8 Å². The second-order valence-corrected chi connectivity index (χ2v) is 9.07. The van der Waals surface area contributed by atoms with Gasteiger partial charge in [-0.2, -0.15) is 0 Å². The average Bonchev–Trinajstić information content (AvgIpc) is 2.70. The number of hydrogen-bond donors (Lipinski definition) is 1. The lowest BCUT2D eigenvalue weighted by Crippen LogP contribution is -2.44. The summed E-state index contributed by atoms with van der Waals surface area (Å²) in [6.45, 7) is 7.04. The van der Waals surface area contributed by atoms with Gasteiger partial charge in [-0.1, -0.05) is 18.6 Å². The number of anilines is 1. The SMILES string of the molecule is C[C@H]1CCC[C@H](C)N1CCCNC(=O)CCC(=O)N1CCSc2ccccc21. The fraction of sp³-hybridized carbons (Fsp3) is 0.636. The normalized spacial score (nSPS) is 22.6. The molecule has 154 valence electrons. The minimum atomic E-state index is -0.0206. The van der Waals surface area contributed by atoms with Gasteiger partial charge in [0.15, 0.2) is 0 Å². The van der Waals surface area contributed by atoms with Gasteiger partial charge in [0.2, 0.25) is 11.8 Å². The second kappa shape index (κ2) is 10.3. The van der Waals surface area contributed by atoms with Crippen LogP contribution in [-0.4, -0.2) is 54.2 Å². The van der Waals surface area contributed by atoms with Crippen LogP contribution in [-0.2, 0) is 9.59 Å². The van der Waals surface area contributed by atoms with E-state index in [-0.39, 0.29) is 24.7 Å². The molecule has 0 radical (unpaired) electrons. The highest BCUT2D eigenvalue weighted by Crippen LogP contribution is 2.34. The Labute approximate surface area is 173 Å². The Morgan fingerprint density at radius 3 is 2.68 bits per heavy atom. The first-order valence-corrected chi connectivity index (χ1v) is 11.6. The van der Waals surface area contributed by atoms with Crippen molar-refractivity contribution in [1.29, 1.82) is 0 Å². The predicted octanol–water partition coefficient (Wildman–Crippen LogP) is 3.67. The van der Waals surface area contributed by atoms with Crippen molar-refractivity contribution in [2.45, 2.75) is 69.4 Å². The number of carbonyl (C=O) groups is 2. The minimum absolute atomic E-state index is 0.0206.